The molecule has 9 heteroatoms. The van der Waals surface area contributed by atoms with E-state index in [0.717, 1.165) is 0 Å². The Morgan fingerprint density at radius 2 is 1.81 bits per heavy atom. The number of carbonyl (C=O) groups is 2. The number of halogens is 2. The van der Waals surface area contributed by atoms with Gasteiger partial charge in [0.25, 0.3) is 11.7 Å². The summed E-state index contributed by atoms with van der Waals surface area (Å²) in [7, 11) is 6.41. The van der Waals surface area contributed by atoms with Gasteiger partial charge in [-0.25, -0.2) is 4.39 Å². The van der Waals surface area contributed by atoms with Gasteiger partial charge < -0.3 is 24.4 Å². The van der Waals surface area contributed by atoms with Crippen molar-refractivity contribution in [2.75, 3.05) is 41.4 Å². The van der Waals surface area contributed by atoms with Gasteiger partial charge in [-0.05, 0) is 26.2 Å². The van der Waals surface area contributed by atoms with Crippen LogP contribution in [0.25, 0.3) is 5.76 Å². The number of nitrogens with zero attached hydrogens (tertiary/aromatic N) is 2. The Balaban J connectivity index is 2.26. The number of methoxy groups -OCH3 is 2. The first-order valence-electron chi connectivity index (χ1n) is 9.80. The van der Waals surface area contributed by atoms with Crippen LogP contribution in [0, 0.1) is 5.82 Å². The summed E-state index contributed by atoms with van der Waals surface area (Å²) in [6.45, 7) is 0.602. The molecule has 1 amide bonds. The summed E-state index contributed by atoms with van der Waals surface area (Å²) >= 11 is 6.15. The van der Waals surface area contributed by atoms with Crippen LogP contribution in [0.4, 0.5) is 4.39 Å². The molecule has 1 N–H and O–H groups in total. The van der Waals surface area contributed by atoms with E-state index >= 15 is 0 Å². The Morgan fingerprint density at radius 3 is 2.41 bits per heavy atom. The van der Waals surface area contributed by atoms with Crippen molar-refractivity contribution in [1.29, 1.82) is 0 Å². The number of ketones is 1. The van der Waals surface area contributed by atoms with Crippen LogP contribution in [0.3, 0.4) is 0 Å². The highest BCUT2D eigenvalue weighted by Crippen LogP contribution is 2.43. The molecule has 1 heterocycles. The number of benzene rings is 2. The molecule has 0 aromatic heterocycles. The summed E-state index contributed by atoms with van der Waals surface area (Å²) in [6, 6.07) is 7.57. The first-order chi connectivity index (χ1) is 15.2. The van der Waals surface area contributed by atoms with Gasteiger partial charge in [-0.3, -0.25) is 9.59 Å². The number of aliphatic hydroxyl groups is 1. The lowest BCUT2D eigenvalue weighted by Gasteiger charge is -2.27. The van der Waals surface area contributed by atoms with Crippen LogP contribution in [0.15, 0.2) is 42.0 Å². The summed E-state index contributed by atoms with van der Waals surface area (Å²) in [5, 5.41) is 11.5. The standard InChI is InChI=1S/C23H24ClFN2O5/c1-26(2)9-10-27-20(13-7-5-6-8-16(13)25)19(22(29)23(27)30)21(28)14-11-18(32-4)15(24)12-17(14)31-3/h5-8,11-12,20,28H,9-10H2,1-4H3/b21-19+. The van der Waals surface area contributed by atoms with Crippen molar-refractivity contribution in [3.8, 4) is 11.5 Å². The lowest BCUT2D eigenvalue weighted by atomic mass is 9.94. The lowest BCUT2D eigenvalue weighted by molar-refractivity contribution is -0.140. The molecule has 0 spiro atoms. The van der Waals surface area contributed by atoms with Crippen LogP contribution in [-0.4, -0.2) is 68.0 Å². The maximum atomic E-state index is 14.8. The number of amides is 1. The summed E-state index contributed by atoms with van der Waals surface area (Å²) in [5.74, 6) is -2.43. The molecule has 170 valence electrons. The normalized spacial score (nSPS) is 17.8. The lowest BCUT2D eigenvalue weighted by Crippen LogP contribution is -2.35. The molecule has 0 radical (unpaired) electrons. The molecule has 1 aliphatic rings. The number of hydrogen-bond acceptors (Lipinski definition) is 6. The van der Waals surface area contributed by atoms with E-state index in [-0.39, 0.29) is 39.8 Å². The number of ether oxygens (including phenoxy) is 2. The maximum absolute atomic E-state index is 14.8. The van der Waals surface area contributed by atoms with Gasteiger partial charge >= 0.3 is 0 Å². The smallest absolute Gasteiger partial charge is 0.295 e. The average molecular weight is 463 g/mol. The van der Waals surface area contributed by atoms with Crippen LogP contribution in [0.1, 0.15) is 17.2 Å². The van der Waals surface area contributed by atoms with Gasteiger partial charge in [-0.15, -0.1) is 0 Å². The predicted octanol–water partition coefficient (Wildman–Crippen LogP) is 3.48. The minimum absolute atomic E-state index is 0.0979. The van der Waals surface area contributed by atoms with Gasteiger partial charge in [-0.1, -0.05) is 29.8 Å². The molecular weight excluding hydrogens is 439 g/mol. The van der Waals surface area contributed by atoms with Crippen molar-refractivity contribution in [2.45, 2.75) is 6.04 Å². The second kappa shape index (κ2) is 9.58. The number of likely N-dealkylation sites (tertiary alicyclic amines) is 1. The molecule has 0 bridgehead atoms. The maximum Gasteiger partial charge on any atom is 0.295 e. The molecule has 0 aliphatic carbocycles. The fourth-order valence-electron chi connectivity index (χ4n) is 3.63. The summed E-state index contributed by atoms with van der Waals surface area (Å²) < 4.78 is 25.3. The van der Waals surface area contributed by atoms with Crippen molar-refractivity contribution >= 4 is 29.1 Å². The van der Waals surface area contributed by atoms with Gasteiger partial charge in [0.05, 0.1) is 36.4 Å². The zero-order valence-corrected chi connectivity index (χ0v) is 18.9. The highest BCUT2D eigenvalue weighted by molar-refractivity contribution is 6.46. The number of aliphatic hydroxyl groups excluding tert-OH is 1. The van der Waals surface area contributed by atoms with Crippen molar-refractivity contribution in [2.24, 2.45) is 0 Å². The topological polar surface area (TPSA) is 79.3 Å². The van der Waals surface area contributed by atoms with Crippen LogP contribution in [-0.2, 0) is 9.59 Å². The number of likely N-dealkylation sites (N-methyl/N-ethyl adjacent to an activating group) is 1. The third-order valence-electron chi connectivity index (χ3n) is 5.26. The van der Waals surface area contributed by atoms with Gasteiger partial charge in [0.1, 0.15) is 23.1 Å². The van der Waals surface area contributed by atoms with E-state index in [1.165, 1.54) is 49.5 Å². The Bertz CT molecular complexity index is 1090. The first kappa shape index (κ1) is 23.6. The second-order valence-electron chi connectivity index (χ2n) is 7.50. The number of Topliss-reactive ketones (excluding diaryl/α,β-unsaturated/α-hetero) is 1. The highest BCUT2D eigenvalue weighted by atomic mass is 35.5. The van der Waals surface area contributed by atoms with Crippen LogP contribution in [0.2, 0.25) is 5.02 Å². The molecule has 7 nitrogen and oxygen atoms in total. The third kappa shape index (κ3) is 4.28. The Hall–Kier alpha value is -3.10. The molecule has 2 aromatic rings. The van der Waals surface area contributed by atoms with Crippen molar-refractivity contribution in [1.82, 2.24) is 9.80 Å². The van der Waals surface area contributed by atoms with E-state index in [1.54, 1.807) is 6.07 Å². The van der Waals surface area contributed by atoms with Crippen LogP contribution in [0.5, 0.6) is 11.5 Å². The number of carbonyl (C=O) groups excluding carboxylic acids is 2. The molecular formula is C23H24ClFN2O5. The van der Waals surface area contributed by atoms with Gasteiger partial charge in [-0.2, -0.15) is 0 Å². The number of hydrogen-bond donors (Lipinski definition) is 1. The van der Waals surface area contributed by atoms with E-state index in [0.29, 0.717) is 6.54 Å². The van der Waals surface area contributed by atoms with E-state index in [1.807, 2.05) is 19.0 Å². The van der Waals surface area contributed by atoms with Crippen molar-refractivity contribution < 1.29 is 28.6 Å². The van der Waals surface area contributed by atoms with E-state index < -0.39 is 29.3 Å². The third-order valence-corrected chi connectivity index (χ3v) is 5.55. The van der Waals surface area contributed by atoms with E-state index in [9.17, 15) is 19.1 Å². The molecule has 1 saturated heterocycles. The van der Waals surface area contributed by atoms with Crippen LogP contribution < -0.4 is 9.47 Å². The number of rotatable bonds is 7. The minimum Gasteiger partial charge on any atom is -0.507 e. The predicted molar refractivity (Wildman–Crippen MR) is 119 cm³/mol. The molecule has 1 unspecified atom stereocenters. The Labute approximate surface area is 190 Å². The summed E-state index contributed by atoms with van der Waals surface area (Å²) in [6.07, 6.45) is 0. The van der Waals surface area contributed by atoms with Crippen molar-refractivity contribution in [3.05, 3.63) is 63.9 Å². The van der Waals surface area contributed by atoms with Gasteiger partial charge in [0, 0.05) is 24.7 Å². The zero-order valence-electron chi connectivity index (χ0n) is 18.2. The average Bonchev–Trinajstić information content (AvgIpc) is 3.01. The summed E-state index contributed by atoms with van der Waals surface area (Å²) in [5.41, 5.74) is -0.0332. The first-order valence-corrected chi connectivity index (χ1v) is 10.2. The summed E-state index contributed by atoms with van der Waals surface area (Å²) in [4.78, 5) is 29.1. The molecule has 0 saturated carbocycles. The fourth-order valence-corrected chi connectivity index (χ4v) is 3.86. The largest absolute Gasteiger partial charge is 0.507 e. The molecule has 32 heavy (non-hydrogen) atoms. The monoisotopic (exact) mass is 462 g/mol. The minimum atomic E-state index is -1.11. The highest BCUT2D eigenvalue weighted by Gasteiger charge is 2.47. The molecule has 1 aliphatic heterocycles. The second-order valence-corrected chi connectivity index (χ2v) is 7.91. The Morgan fingerprint density at radius 1 is 1.16 bits per heavy atom. The molecule has 3 rings (SSSR count). The van der Waals surface area contributed by atoms with Gasteiger partial charge in [0.2, 0.25) is 0 Å². The van der Waals surface area contributed by atoms with Gasteiger partial charge in [0.15, 0.2) is 0 Å². The fraction of sp³-hybridized carbons (Fsp3) is 0.304. The van der Waals surface area contributed by atoms with Crippen molar-refractivity contribution in [3.63, 3.8) is 0 Å². The van der Waals surface area contributed by atoms with E-state index in [4.69, 9.17) is 21.1 Å². The van der Waals surface area contributed by atoms with Crippen LogP contribution >= 0.6 is 11.6 Å². The molecule has 2 aromatic carbocycles. The SMILES string of the molecule is COc1cc(/C(O)=C2\C(=O)C(=O)N(CCN(C)C)C2c2ccccc2F)c(OC)cc1Cl. The Kier molecular flexibility index (Phi) is 7.06. The molecule has 1 atom stereocenters. The zero-order chi connectivity index (χ0) is 23.6. The van der Waals surface area contributed by atoms with E-state index in [2.05, 4.69) is 0 Å². The molecule has 1 fully saturated rings. The quantitative estimate of drug-likeness (QED) is 0.385.